The van der Waals surface area contributed by atoms with Crippen molar-refractivity contribution in [2.75, 3.05) is 13.2 Å². The molecule has 0 radical (unpaired) electrons. The first-order chi connectivity index (χ1) is 20.2. The molecular weight excluding hydrogens is 844 g/mol. The van der Waals surface area contributed by atoms with Crippen LogP contribution >= 0.6 is 54.3 Å². The fourth-order valence-corrected chi connectivity index (χ4v) is 14.2. The summed E-state index contributed by atoms with van der Waals surface area (Å²) in [5, 5.41) is 4.42. The molecule has 4 aromatic heterocycles. The van der Waals surface area contributed by atoms with Crippen molar-refractivity contribution in [1.82, 2.24) is 0 Å². The Labute approximate surface area is 310 Å². The van der Waals surface area contributed by atoms with Gasteiger partial charge in [0.25, 0.3) is 0 Å². The van der Waals surface area contributed by atoms with E-state index in [9.17, 15) is 0 Å². The summed E-state index contributed by atoms with van der Waals surface area (Å²) in [5.41, 5.74) is 6.33. The second kappa shape index (κ2) is 21.4. The molecule has 4 heterocycles. The molecule has 0 amide bonds. The second-order valence-electron chi connectivity index (χ2n) is 12.7. The van der Waals surface area contributed by atoms with Crippen LogP contribution in [0.2, 0.25) is 29.6 Å². The van der Waals surface area contributed by atoms with Gasteiger partial charge in [-0.15, -0.1) is 22.7 Å². The fourth-order valence-electron chi connectivity index (χ4n) is 4.33. The van der Waals surface area contributed by atoms with Crippen molar-refractivity contribution in [1.29, 1.82) is 0 Å². The van der Waals surface area contributed by atoms with E-state index in [1.165, 1.54) is 46.7 Å². The summed E-state index contributed by atoms with van der Waals surface area (Å²) in [5.74, 6) is 0. The molecule has 0 unspecified atom stereocenters. The summed E-state index contributed by atoms with van der Waals surface area (Å²) in [7, 11) is 5.74. The number of ether oxygens (including phenoxy) is 1. The molecule has 0 fully saturated rings. The number of fused-ring (bicyclic) bond motifs is 6. The molecule has 2 aliphatic rings. The molecule has 4 aromatic rings. The summed E-state index contributed by atoms with van der Waals surface area (Å²) < 4.78 is 6.57. The van der Waals surface area contributed by atoms with Crippen LogP contribution in [0.5, 0.6) is 0 Å². The summed E-state index contributed by atoms with van der Waals surface area (Å²) in [6, 6.07) is 9.46. The molecule has 44 heavy (non-hydrogen) atoms. The maximum atomic E-state index is 5.74. The Balaban J connectivity index is 0.000000313. The van der Waals surface area contributed by atoms with Gasteiger partial charge in [-0.3, -0.25) is 0 Å². The van der Waals surface area contributed by atoms with Gasteiger partial charge in [-0.05, 0) is 60.7 Å². The zero-order chi connectivity index (χ0) is 32.2. The smallest absolute Gasteiger partial charge is 0.143 e. The molecule has 240 valence electrons. The van der Waals surface area contributed by atoms with Gasteiger partial charge < -0.3 is 11.7 Å². The van der Waals surface area contributed by atoms with Crippen LogP contribution in [0.1, 0.15) is 60.7 Å². The van der Waals surface area contributed by atoms with Crippen LogP contribution in [0.15, 0.2) is 35.0 Å². The average molecular weight is 899 g/mol. The van der Waals surface area contributed by atoms with Crippen molar-refractivity contribution < 1.29 is 23.6 Å². The Kier molecular flexibility index (Phi) is 21.0. The van der Waals surface area contributed by atoms with E-state index in [2.05, 4.69) is 96.8 Å². The molecular formula is C35H54ClLiOS4Sn2. The van der Waals surface area contributed by atoms with Crippen LogP contribution in [-0.4, -0.2) is 48.8 Å². The minimum absolute atomic E-state index is 0. The number of hydrogen-bond donors (Lipinski definition) is 0. The van der Waals surface area contributed by atoms with Crippen molar-refractivity contribution in [2.24, 2.45) is 0 Å². The van der Waals surface area contributed by atoms with E-state index in [-0.39, 0.29) is 18.9 Å². The standard InChI is InChI=1S/C11H9S2.C10H8S2.C4H10O.C4H9.6CH3.ClH.Li.2Sn/c1-7-6-9-3-2-8-4-5-12-10(8)11(9)13-7;1-2-8-4-6-12-10(8)9-7(1)3-5-11-9;1-3-5-4-2;1-3-4-2;;;;;;;;;;/h4,6H,2-3H2,1H3;3-6H,1-2H2;3-4H2,1-2H3;1,3-4H2,2H3;6*1H3;1H;;;/q;;;-1;;;;;;;;+1;;+1/p-1. The third kappa shape index (κ3) is 14.8. The van der Waals surface area contributed by atoms with Crippen LogP contribution < -0.4 is 21.8 Å². The van der Waals surface area contributed by atoms with E-state index in [0.717, 1.165) is 19.6 Å². The zero-order valence-corrected chi connectivity index (χ0v) is 39.0. The number of rotatable bonds is 4. The number of aryl methyl sites for hydroxylation is 5. The van der Waals surface area contributed by atoms with Crippen LogP contribution in [0.25, 0.3) is 19.5 Å². The molecule has 2 aliphatic carbocycles. The molecule has 0 atom stereocenters. The first-order valence-electron chi connectivity index (χ1n) is 15.6. The van der Waals surface area contributed by atoms with Crippen molar-refractivity contribution in [3.63, 3.8) is 0 Å². The van der Waals surface area contributed by atoms with Crippen LogP contribution in [0, 0.1) is 13.8 Å². The molecule has 0 spiro atoms. The third-order valence-corrected chi connectivity index (χ3v) is 20.4. The third-order valence-electron chi connectivity index (χ3n) is 6.48. The number of thiophene rings is 4. The number of halogens is 1. The van der Waals surface area contributed by atoms with Crippen LogP contribution in [0.4, 0.5) is 0 Å². The Morgan fingerprint density at radius 3 is 1.52 bits per heavy atom. The minimum Gasteiger partial charge on any atom is -0.143 e. The molecule has 0 saturated carbocycles. The van der Waals surface area contributed by atoms with E-state index >= 15 is 0 Å². The van der Waals surface area contributed by atoms with E-state index < -0.39 is 35.6 Å². The van der Waals surface area contributed by atoms with Gasteiger partial charge in [-0.2, -0.15) is 6.42 Å². The Morgan fingerprint density at radius 2 is 1.14 bits per heavy atom. The Morgan fingerprint density at radius 1 is 0.727 bits per heavy atom. The predicted octanol–water partition coefficient (Wildman–Crippen LogP) is 9.73. The van der Waals surface area contributed by atoms with E-state index in [1.54, 1.807) is 34.9 Å². The quantitative estimate of drug-likeness (QED) is 0.147. The average Bonchev–Trinajstić information content (AvgIpc) is 3.72. The predicted molar refractivity (Wildman–Crippen MR) is 209 cm³/mol. The molecule has 0 saturated heterocycles. The van der Waals surface area contributed by atoms with Gasteiger partial charge in [0.1, 0.15) is 0 Å². The molecule has 9 heteroatoms. The Bertz CT molecular complexity index is 1310. The van der Waals surface area contributed by atoms with Gasteiger partial charge in [0, 0.05) is 23.0 Å². The van der Waals surface area contributed by atoms with Crippen molar-refractivity contribution in [3.05, 3.63) is 69.1 Å². The first-order valence-corrected chi connectivity index (χ1v) is 41.2. The summed E-state index contributed by atoms with van der Waals surface area (Å²) in [6.45, 7) is 13.6. The molecule has 0 aliphatic heterocycles. The normalized spacial score (nSPS) is 12.5. The molecule has 0 N–H and O–H groups in total. The maximum Gasteiger partial charge on any atom is 1.00 e. The summed E-state index contributed by atoms with van der Waals surface area (Å²) >= 11 is 4.28. The zero-order valence-electron chi connectivity index (χ0n) is 29.2. The first kappa shape index (κ1) is 43.3. The van der Waals surface area contributed by atoms with Gasteiger partial charge >= 0.3 is 176 Å². The van der Waals surface area contributed by atoms with Crippen LogP contribution in [-0.2, 0) is 30.4 Å². The van der Waals surface area contributed by atoms with Gasteiger partial charge in [-0.1, -0.05) is 13.3 Å². The van der Waals surface area contributed by atoms with E-state index in [4.69, 9.17) is 13.7 Å². The summed E-state index contributed by atoms with van der Waals surface area (Å²) in [4.78, 5) is 21.7. The molecule has 0 bridgehead atoms. The second-order valence-corrected chi connectivity index (χ2v) is 51.6. The van der Waals surface area contributed by atoms with E-state index in [1.807, 2.05) is 47.9 Å². The van der Waals surface area contributed by atoms with Gasteiger partial charge in [0.05, 0.1) is 0 Å². The fraction of sp³-hybridized carbons (Fsp3) is 0.514. The molecule has 6 rings (SSSR count). The topological polar surface area (TPSA) is 9.23 Å². The molecule has 0 aromatic carbocycles. The van der Waals surface area contributed by atoms with Crippen molar-refractivity contribution in [3.8, 4) is 19.5 Å². The number of hydrogen-bond acceptors (Lipinski definition) is 5. The number of unbranched alkanes of at least 4 members (excludes halogenated alkanes) is 1. The monoisotopic (exact) mass is 900 g/mol. The van der Waals surface area contributed by atoms with Crippen molar-refractivity contribution >= 4 is 92.8 Å². The van der Waals surface area contributed by atoms with Gasteiger partial charge in [0.15, 0.2) is 0 Å². The van der Waals surface area contributed by atoms with Gasteiger partial charge in [0.2, 0.25) is 0 Å². The van der Waals surface area contributed by atoms with Crippen LogP contribution in [0.3, 0.4) is 0 Å². The minimum atomic E-state index is -1.87. The van der Waals surface area contributed by atoms with E-state index in [0.29, 0.717) is 0 Å². The van der Waals surface area contributed by atoms with Crippen molar-refractivity contribution in [2.45, 2.75) is 95.9 Å². The maximum absolute atomic E-state index is 5.74. The van der Waals surface area contributed by atoms with Gasteiger partial charge in [-0.25, -0.2) is 0 Å². The largest absolute Gasteiger partial charge is 1.00 e. The molecule has 1 nitrogen and oxygen atoms in total. The summed E-state index contributed by atoms with van der Waals surface area (Å²) in [6.07, 6.45) is 7.27. The SMILES string of the molecule is CCOCC.Cc1cc2c(s1)-c1s[c]([Sn]([CH3])([CH3])[CH3])cc1CC2.[CH2-]CCC.[CH3][Sn]([CH3])([CH3])[Cl].[Li+].c1cc2c(s1)-c1sccc1CC2. The Hall–Kier alpha value is 1.24.